The third-order valence-electron chi connectivity index (χ3n) is 3.84. The second kappa shape index (κ2) is 7.84. The summed E-state index contributed by atoms with van der Waals surface area (Å²) >= 11 is 0. The Morgan fingerprint density at radius 2 is 2.00 bits per heavy atom. The van der Waals surface area contributed by atoms with E-state index >= 15 is 0 Å². The predicted octanol–water partition coefficient (Wildman–Crippen LogP) is 2.27. The number of hydrogen-bond acceptors (Lipinski definition) is 3. The number of nitrogens with zero attached hydrogens (tertiary/aromatic N) is 1. The second-order valence-corrected chi connectivity index (χ2v) is 5.62. The van der Waals surface area contributed by atoms with Gasteiger partial charge in [-0.15, -0.1) is 0 Å². The Labute approximate surface area is 127 Å². The molecule has 0 aliphatic carbocycles. The van der Waals surface area contributed by atoms with E-state index in [1.54, 1.807) is 6.08 Å². The fourth-order valence-electron chi connectivity index (χ4n) is 2.65. The van der Waals surface area contributed by atoms with Gasteiger partial charge >= 0.3 is 0 Å². The number of amides is 1. The monoisotopic (exact) mass is 287 g/mol. The van der Waals surface area contributed by atoms with Crippen molar-refractivity contribution >= 4 is 17.7 Å². The minimum absolute atomic E-state index is 0.0132. The first-order valence-corrected chi connectivity index (χ1v) is 7.74. The maximum absolute atomic E-state index is 11.9. The highest BCUT2D eigenvalue weighted by atomic mass is 16.1. The zero-order valence-electron chi connectivity index (χ0n) is 12.7. The largest absolute Gasteiger partial charge is 0.399 e. The van der Waals surface area contributed by atoms with Crippen molar-refractivity contribution in [3.8, 4) is 0 Å². The molecule has 2 rings (SSSR count). The van der Waals surface area contributed by atoms with Crippen LogP contribution >= 0.6 is 0 Å². The summed E-state index contributed by atoms with van der Waals surface area (Å²) in [5, 5.41) is 3.09. The zero-order chi connectivity index (χ0) is 15.1. The van der Waals surface area contributed by atoms with Crippen LogP contribution in [-0.4, -0.2) is 36.5 Å². The fraction of sp³-hybridized carbons (Fsp3) is 0.471. The van der Waals surface area contributed by atoms with Crippen molar-refractivity contribution in [3.05, 3.63) is 35.9 Å². The van der Waals surface area contributed by atoms with Crippen molar-refractivity contribution in [3.63, 3.8) is 0 Å². The van der Waals surface area contributed by atoms with Gasteiger partial charge in [0.25, 0.3) is 0 Å². The quantitative estimate of drug-likeness (QED) is 0.645. The molecule has 0 bridgehead atoms. The van der Waals surface area contributed by atoms with Gasteiger partial charge in [0, 0.05) is 30.9 Å². The van der Waals surface area contributed by atoms with Gasteiger partial charge in [-0.2, -0.15) is 0 Å². The molecule has 0 aromatic heterocycles. The molecule has 0 spiro atoms. The van der Waals surface area contributed by atoms with Gasteiger partial charge in [-0.3, -0.25) is 4.79 Å². The van der Waals surface area contributed by atoms with Gasteiger partial charge in [0.2, 0.25) is 5.91 Å². The number of benzene rings is 1. The number of nitrogens with one attached hydrogen (secondary N) is 1. The van der Waals surface area contributed by atoms with Gasteiger partial charge < -0.3 is 16.0 Å². The fourth-order valence-corrected chi connectivity index (χ4v) is 2.65. The first kappa shape index (κ1) is 15.6. The summed E-state index contributed by atoms with van der Waals surface area (Å²) in [4.78, 5) is 14.4. The van der Waals surface area contributed by atoms with Gasteiger partial charge in [0.1, 0.15) is 0 Å². The Balaban J connectivity index is 1.76. The maximum Gasteiger partial charge on any atom is 0.244 e. The molecule has 1 saturated heterocycles. The third kappa shape index (κ3) is 5.23. The minimum Gasteiger partial charge on any atom is -0.399 e. The van der Waals surface area contributed by atoms with E-state index in [9.17, 15) is 4.79 Å². The van der Waals surface area contributed by atoms with E-state index in [0.29, 0.717) is 6.04 Å². The maximum atomic E-state index is 11.9. The number of carbonyl (C=O) groups is 1. The molecule has 1 fully saturated rings. The summed E-state index contributed by atoms with van der Waals surface area (Å²) in [5.74, 6) is -0.0132. The molecule has 114 valence electrons. The van der Waals surface area contributed by atoms with E-state index in [0.717, 1.165) is 43.7 Å². The van der Waals surface area contributed by atoms with Crippen LogP contribution in [0.3, 0.4) is 0 Å². The number of nitrogen functional groups attached to an aromatic ring is 1. The zero-order valence-corrected chi connectivity index (χ0v) is 12.7. The Kier molecular flexibility index (Phi) is 5.81. The normalized spacial score (nSPS) is 17.2. The molecule has 4 heteroatoms. The van der Waals surface area contributed by atoms with Crippen LogP contribution in [0.25, 0.3) is 6.08 Å². The van der Waals surface area contributed by atoms with Crippen molar-refractivity contribution in [1.82, 2.24) is 10.2 Å². The summed E-state index contributed by atoms with van der Waals surface area (Å²) in [6.45, 7) is 5.54. The molecule has 21 heavy (non-hydrogen) atoms. The number of likely N-dealkylation sites (tertiary alicyclic amines) is 1. The molecule has 1 heterocycles. The van der Waals surface area contributed by atoms with Crippen LogP contribution in [0.5, 0.6) is 0 Å². The molecule has 0 atom stereocenters. The summed E-state index contributed by atoms with van der Waals surface area (Å²) in [5.41, 5.74) is 7.35. The lowest BCUT2D eigenvalue weighted by Gasteiger charge is -2.31. The van der Waals surface area contributed by atoms with Crippen LogP contribution in [0.1, 0.15) is 31.7 Å². The molecule has 1 aliphatic rings. The molecular formula is C17H25N3O. The van der Waals surface area contributed by atoms with E-state index in [1.165, 1.54) is 6.42 Å². The molecule has 1 aromatic rings. The topological polar surface area (TPSA) is 58.4 Å². The summed E-state index contributed by atoms with van der Waals surface area (Å²) < 4.78 is 0. The lowest BCUT2D eigenvalue weighted by atomic mass is 10.0. The highest BCUT2D eigenvalue weighted by molar-refractivity contribution is 5.91. The van der Waals surface area contributed by atoms with Crippen molar-refractivity contribution in [2.75, 3.05) is 25.4 Å². The van der Waals surface area contributed by atoms with Crippen molar-refractivity contribution in [2.45, 2.75) is 32.2 Å². The van der Waals surface area contributed by atoms with Crippen LogP contribution < -0.4 is 11.1 Å². The van der Waals surface area contributed by atoms with Crippen LogP contribution in [0, 0.1) is 0 Å². The van der Waals surface area contributed by atoms with E-state index in [2.05, 4.69) is 17.1 Å². The highest BCUT2D eigenvalue weighted by Crippen LogP contribution is 2.11. The molecule has 3 N–H and O–H groups in total. The number of piperidine rings is 1. The van der Waals surface area contributed by atoms with E-state index in [4.69, 9.17) is 5.73 Å². The molecule has 1 aliphatic heterocycles. The summed E-state index contributed by atoms with van der Waals surface area (Å²) in [6.07, 6.45) is 6.70. The lowest BCUT2D eigenvalue weighted by molar-refractivity contribution is -0.117. The molecule has 1 amide bonds. The predicted molar refractivity (Wildman–Crippen MR) is 87.8 cm³/mol. The number of anilines is 1. The van der Waals surface area contributed by atoms with E-state index in [-0.39, 0.29) is 5.91 Å². The molecule has 0 radical (unpaired) electrons. The van der Waals surface area contributed by atoms with Crippen LogP contribution in [-0.2, 0) is 4.79 Å². The van der Waals surface area contributed by atoms with Crippen LogP contribution in [0.2, 0.25) is 0 Å². The van der Waals surface area contributed by atoms with Gasteiger partial charge in [-0.1, -0.05) is 19.1 Å². The van der Waals surface area contributed by atoms with Gasteiger partial charge in [-0.05, 0) is 49.6 Å². The summed E-state index contributed by atoms with van der Waals surface area (Å²) in [6, 6.07) is 7.79. The third-order valence-corrected chi connectivity index (χ3v) is 3.84. The van der Waals surface area contributed by atoms with Crippen molar-refractivity contribution < 1.29 is 4.79 Å². The Morgan fingerprint density at radius 3 is 2.62 bits per heavy atom. The minimum atomic E-state index is -0.0132. The highest BCUT2D eigenvalue weighted by Gasteiger charge is 2.19. The van der Waals surface area contributed by atoms with E-state index < -0.39 is 0 Å². The Hall–Kier alpha value is -1.81. The average molecular weight is 287 g/mol. The van der Waals surface area contributed by atoms with Crippen molar-refractivity contribution in [1.29, 1.82) is 0 Å². The van der Waals surface area contributed by atoms with Crippen LogP contribution in [0.15, 0.2) is 30.3 Å². The average Bonchev–Trinajstić information content (AvgIpc) is 2.49. The molecule has 4 nitrogen and oxygen atoms in total. The standard InChI is InChI=1S/C17H25N3O/c1-2-11-20-12-9-16(10-13-20)19-17(21)8-5-14-3-6-15(18)7-4-14/h3-8,16H,2,9-13,18H2,1H3,(H,19,21)/b8-5+. The molecule has 0 unspecified atom stereocenters. The Morgan fingerprint density at radius 1 is 1.33 bits per heavy atom. The second-order valence-electron chi connectivity index (χ2n) is 5.62. The molecule has 0 saturated carbocycles. The number of carbonyl (C=O) groups excluding carboxylic acids is 1. The van der Waals surface area contributed by atoms with Crippen LogP contribution in [0.4, 0.5) is 5.69 Å². The van der Waals surface area contributed by atoms with Gasteiger partial charge in [0.15, 0.2) is 0 Å². The SMILES string of the molecule is CCCN1CCC(NC(=O)/C=C/c2ccc(N)cc2)CC1. The van der Waals surface area contributed by atoms with Gasteiger partial charge in [0.05, 0.1) is 0 Å². The summed E-state index contributed by atoms with van der Waals surface area (Å²) in [7, 11) is 0. The smallest absolute Gasteiger partial charge is 0.244 e. The first-order valence-electron chi connectivity index (χ1n) is 7.74. The van der Waals surface area contributed by atoms with Crippen molar-refractivity contribution in [2.24, 2.45) is 0 Å². The first-order chi connectivity index (χ1) is 10.2. The van der Waals surface area contributed by atoms with Gasteiger partial charge in [-0.25, -0.2) is 0 Å². The number of rotatable bonds is 5. The number of hydrogen-bond donors (Lipinski definition) is 2. The molecular weight excluding hydrogens is 262 g/mol. The van der Waals surface area contributed by atoms with E-state index in [1.807, 2.05) is 30.3 Å². The number of nitrogens with two attached hydrogens (primary N) is 1. The lowest BCUT2D eigenvalue weighted by Crippen LogP contribution is -2.44. The Bertz CT molecular complexity index is 473. The molecule has 1 aromatic carbocycles.